The number of hydrazone groups is 1. The SMILES string of the molecule is CCOc1ccccc1C=NNC(=O)CCC(=O)Nc1ccc(OC)cc1. The van der Waals surface area contributed by atoms with Crippen molar-refractivity contribution in [2.75, 3.05) is 19.0 Å². The summed E-state index contributed by atoms with van der Waals surface area (Å²) in [5.41, 5.74) is 3.82. The lowest BCUT2D eigenvalue weighted by atomic mass is 10.2. The van der Waals surface area contributed by atoms with Gasteiger partial charge in [-0.25, -0.2) is 5.43 Å². The van der Waals surface area contributed by atoms with Crippen molar-refractivity contribution in [2.24, 2.45) is 5.10 Å². The molecule has 7 heteroatoms. The highest BCUT2D eigenvalue weighted by atomic mass is 16.5. The number of benzene rings is 2. The molecule has 0 saturated carbocycles. The van der Waals surface area contributed by atoms with Crippen LogP contribution in [0.15, 0.2) is 53.6 Å². The fourth-order valence-corrected chi connectivity index (χ4v) is 2.23. The first-order valence-electron chi connectivity index (χ1n) is 8.60. The summed E-state index contributed by atoms with van der Waals surface area (Å²) in [7, 11) is 1.57. The van der Waals surface area contributed by atoms with Gasteiger partial charge in [0.1, 0.15) is 11.5 Å². The van der Waals surface area contributed by atoms with E-state index in [1.54, 1.807) is 31.4 Å². The maximum atomic E-state index is 11.9. The van der Waals surface area contributed by atoms with E-state index in [9.17, 15) is 9.59 Å². The van der Waals surface area contributed by atoms with Crippen LogP contribution in [0.3, 0.4) is 0 Å². The number of methoxy groups -OCH3 is 1. The van der Waals surface area contributed by atoms with Gasteiger partial charge in [0, 0.05) is 24.1 Å². The predicted molar refractivity (Wildman–Crippen MR) is 104 cm³/mol. The summed E-state index contributed by atoms with van der Waals surface area (Å²) >= 11 is 0. The van der Waals surface area contributed by atoms with E-state index < -0.39 is 0 Å². The Labute approximate surface area is 158 Å². The lowest BCUT2D eigenvalue weighted by molar-refractivity contribution is -0.124. The number of nitrogens with one attached hydrogen (secondary N) is 2. The Kier molecular flexibility index (Phi) is 7.84. The van der Waals surface area contributed by atoms with Crippen LogP contribution in [0.1, 0.15) is 25.3 Å². The number of anilines is 1. The first-order chi connectivity index (χ1) is 13.1. The van der Waals surface area contributed by atoms with E-state index in [1.165, 1.54) is 6.21 Å². The highest BCUT2D eigenvalue weighted by Crippen LogP contribution is 2.16. The molecule has 0 aliphatic carbocycles. The van der Waals surface area contributed by atoms with Gasteiger partial charge in [-0.3, -0.25) is 9.59 Å². The fourth-order valence-electron chi connectivity index (χ4n) is 2.23. The van der Waals surface area contributed by atoms with Crippen LogP contribution in [-0.2, 0) is 9.59 Å². The van der Waals surface area contributed by atoms with Crippen molar-refractivity contribution in [1.29, 1.82) is 0 Å². The highest BCUT2D eigenvalue weighted by molar-refractivity contribution is 5.93. The van der Waals surface area contributed by atoms with Crippen molar-refractivity contribution in [3.8, 4) is 11.5 Å². The Hall–Kier alpha value is -3.35. The van der Waals surface area contributed by atoms with E-state index in [4.69, 9.17) is 9.47 Å². The Morgan fingerprint density at radius 1 is 1.04 bits per heavy atom. The zero-order valence-electron chi connectivity index (χ0n) is 15.4. The molecule has 2 aromatic rings. The molecule has 27 heavy (non-hydrogen) atoms. The number of rotatable bonds is 9. The van der Waals surface area contributed by atoms with E-state index in [1.807, 2.05) is 31.2 Å². The second-order valence-electron chi connectivity index (χ2n) is 5.54. The molecule has 2 aromatic carbocycles. The topological polar surface area (TPSA) is 89.0 Å². The third kappa shape index (κ3) is 6.81. The molecule has 0 atom stereocenters. The number of para-hydroxylation sites is 1. The minimum atomic E-state index is -0.343. The van der Waals surface area contributed by atoms with Crippen molar-refractivity contribution in [3.63, 3.8) is 0 Å². The maximum Gasteiger partial charge on any atom is 0.240 e. The van der Waals surface area contributed by atoms with Gasteiger partial charge in [-0.15, -0.1) is 0 Å². The van der Waals surface area contributed by atoms with Gasteiger partial charge in [0.15, 0.2) is 0 Å². The first kappa shape index (κ1) is 20.0. The van der Waals surface area contributed by atoms with Gasteiger partial charge >= 0.3 is 0 Å². The van der Waals surface area contributed by atoms with E-state index in [0.29, 0.717) is 23.8 Å². The monoisotopic (exact) mass is 369 g/mol. The van der Waals surface area contributed by atoms with Gasteiger partial charge < -0.3 is 14.8 Å². The average Bonchev–Trinajstić information content (AvgIpc) is 2.68. The van der Waals surface area contributed by atoms with Gasteiger partial charge in [-0.05, 0) is 43.3 Å². The molecule has 2 N–H and O–H groups in total. The number of carbonyl (C=O) groups excluding carboxylic acids is 2. The van der Waals surface area contributed by atoms with E-state index >= 15 is 0 Å². The van der Waals surface area contributed by atoms with E-state index in [2.05, 4.69) is 15.8 Å². The number of nitrogens with zero attached hydrogens (tertiary/aromatic N) is 1. The summed E-state index contributed by atoms with van der Waals surface area (Å²) in [5, 5.41) is 6.64. The third-order valence-electron chi connectivity index (χ3n) is 3.56. The van der Waals surface area contributed by atoms with Crippen LogP contribution < -0.4 is 20.2 Å². The van der Waals surface area contributed by atoms with Gasteiger partial charge in [-0.2, -0.15) is 5.10 Å². The molecule has 0 aliphatic rings. The van der Waals surface area contributed by atoms with Gasteiger partial charge in [-0.1, -0.05) is 12.1 Å². The summed E-state index contributed by atoms with van der Waals surface area (Å²) in [5.74, 6) is 0.805. The average molecular weight is 369 g/mol. The zero-order chi connectivity index (χ0) is 19.5. The normalized spacial score (nSPS) is 10.4. The van der Waals surface area contributed by atoms with Crippen LogP contribution in [0.25, 0.3) is 0 Å². The lowest BCUT2D eigenvalue weighted by Crippen LogP contribution is -2.20. The summed E-state index contributed by atoms with van der Waals surface area (Å²) in [4.78, 5) is 23.7. The van der Waals surface area contributed by atoms with Crippen LogP contribution in [0, 0.1) is 0 Å². The number of ether oxygens (including phenoxy) is 2. The molecule has 7 nitrogen and oxygen atoms in total. The minimum absolute atomic E-state index is 0.0342. The molecule has 0 unspecified atom stereocenters. The molecular formula is C20H23N3O4. The van der Waals surface area contributed by atoms with Crippen molar-refractivity contribution >= 4 is 23.7 Å². The van der Waals surface area contributed by atoms with Crippen LogP contribution >= 0.6 is 0 Å². The number of hydrogen-bond donors (Lipinski definition) is 2. The molecule has 0 bridgehead atoms. The molecule has 0 heterocycles. The summed E-state index contributed by atoms with van der Waals surface area (Å²) in [6.45, 7) is 2.44. The standard InChI is InChI=1S/C20H23N3O4/c1-3-27-18-7-5-4-6-15(18)14-21-23-20(25)13-12-19(24)22-16-8-10-17(26-2)11-9-16/h4-11,14H,3,12-13H2,1-2H3,(H,22,24)(H,23,25). The van der Waals surface area contributed by atoms with Gasteiger partial charge in [0.25, 0.3) is 0 Å². The van der Waals surface area contributed by atoms with Crippen LogP contribution in [0.4, 0.5) is 5.69 Å². The molecule has 2 rings (SSSR count). The Morgan fingerprint density at radius 3 is 2.44 bits per heavy atom. The summed E-state index contributed by atoms with van der Waals surface area (Å²) in [6.07, 6.45) is 1.61. The maximum absolute atomic E-state index is 11.9. The molecule has 0 fully saturated rings. The van der Waals surface area contributed by atoms with Gasteiger partial charge in [0.05, 0.1) is 19.9 Å². The largest absolute Gasteiger partial charge is 0.497 e. The van der Waals surface area contributed by atoms with Gasteiger partial charge in [0.2, 0.25) is 11.8 Å². The number of carbonyl (C=O) groups is 2. The minimum Gasteiger partial charge on any atom is -0.497 e. The van der Waals surface area contributed by atoms with E-state index in [-0.39, 0.29) is 24.7 Å². The van der Waals surface area contributed by atoms with Crippen LogP contribution in [0.5, 0.6) is 11.5 Å². The van der Waals surface area contributed by atoms with Crippen molar-refractivity contribution in [1.82, 2.24) is 5.43 Å². The second-order valence-corrected chi connectivity index (χ2v) is 5.54. The molecule has 142 valence electrons. The predicted octanol–water partition coefficient (Wildman–Crippen LogP) is 2.96. The quantitative estimate of drug-likeness (QED) is 0.525. The van der Waals surface area contributed by atoms with Crippen molar-refractivity contribution < 1.29 is 19.1 Å². The smallest absolute Gasteiger partial charge is 0.240 e. The Balaban J connectivity index is 1.76. The number of hydrogen-bond acceptors (Lipinski definition) is 5. The Bertz CT molecular complexity index is 788. The van der Waals surface area contributed by atoms with Crippen molar-refractivity contribution in [3.05, 3.63) is 54.1 Å². The first-order valence-corrected chi connectivity index (χ1v) is 8.60. The molecule has 2 amide bonds. The molecule has 0 aromatic heterocycles. The van der Waals surface area contributed by atoms with E-state index in [0.717, 1.165) is 5.56 Å². The molecule has 0 saturated heterocycles. The number of amides is 2. The fraction of sp³-hybridized carbons (Fsp3) is 0.250. The Morgan fingerprint density at radius 2 is 1.74 bits per heavy atom. The summed E-state index contributed by atoms with van der Waals surface area (Å²) < 4.78 is 10.5. The van der Waals surface area contributed by atoms with Crippen LogP contribution in [-0.4, -0.2) is 31.7 Å². The van der Waals surface area contributed by atoms with Crippen molar-refractivity contribution in [2.45, 2.75) is 19.8 Å². The molecular weight excluding hydrogens is 346 g/mol. The molecule has 0 radical (unpaired) electrons. The molecule has 0 spiro atoms. The molecule has 0 aliphatic heterocycles. The highest BCUT2D eigenvalue weighted by Gasteiger charge is 2.07. The van der Waals surface area contributed by atoms with Crippen LogP contribution in [0.2, 0.25) is 0 Å². The second kappa shape index (κ2) is 10.6. The lowest BCUT2D eigenvalue weighted by Gasteiger charge is -2.06. The third-order valence-corrected chi connectivity index (χ3v) is 3.56. The zero-order valence-corrected chi connectivity index (χ0v) is 15.4. The summed E-state index contributed by atoms with van der Waals surface area (Å²) in [6, 6.07) is 14.3.